The molecule has 0 aliphatic heterocycles. The second-order valence-corrected chi connectivity index (χ2v) is 11.7. The molecule has 0 amide bonds. The first-order chi connectivity index (χ1) is 18.1. The van der Waals surface area contributed by atoms with Crippen molar-refractivity contribution >= 4 is 33.0 Å². The number of benzene rings is 2. The van der Waals surface area contributed by atoms with Crippen molar-refractivity contribution < 1.29 is 13.2 Å². The molecule has 0 atom stereocenters. The fraction of sp³-hybridized carbons (Fsp3) is 0.259. The van der Waals surface area contributed by atoms with Crippen LogP contribution in [0.4, 0.5) is 0 Å². The van der Waals surface area contributed by atoms with Crippen LogP contribution in [0.15, 0.2) is 81.7 Å². The van der Waals surface area contributed by atoms with Crippen molar-refractivity contribution in [1.82, 2.24) is 19.4 Å². The fourth-order valence-corrected chi connectivity index (χ4v) is 6.68. The molecule has 0 saturated carbocycles. The molecule has 4 aromatic rings. The van der Waals surface area contributed by atoms with Gasteiger partial charge in [0.1, 0.15) is 5.75 Å². The van der Waals surface area contributed by atoms with Gasteiger partial charge in [-0.1, -0.05) is 35.3 Å². The van der Waals surface area contributed by atoms with Crippen molar-refractivity contribution in [1.29, 1.82) is 0 Å². The third-order valence-electron chi connectivity index (χ3n) is 6.02. The van der Waals surface area contributed by atoms with Crippen LogP contribution in [-0.2, 0) is 29.5 Å². The SMILES string of the molecule is COc1ccc(Cn2c(CNCc3ccncc3)c(S(=O)(=O)c3cc(Cl)cc(Cl)c3)n(C(C)C)c2=O)cc1. The van der Waals surface area contributed by atoms with Gasteiger partial charge in [-0.3, -0.25) is 14.1 Å². The minimum atomic E-state index is -4.19. The van der Waals surface area contributed by atoms with Crippen molar-refractivity contribution in [3.63, 3.8) is 0 Å². The number of nitrogens with one attached hydrogen (secondary N) is 1. The average molecular weight is 576 g/mol. The van der Waals surface area contributed by atoms with E-state index in [1.54, 1.807) is 45.5 Å². The molecule has 11 heteroatoms. The van der Waals surface area contributed by atoms with E-state index < -0.39 is 21.6 Å². The summed E-state index contributed by atoms with van der Waals surface area (Å²) in [6.07, 6.45) is 3.37. The first kappa shape index (κ1) is 27.9. The highest BCUT2D eigenvalue weighted by molar-refractivity contribution is 7.91. The van der Waals surface area contributed by atoms with Gasteiger partial charge in [-0.05, 0) is 67.4 Å². The van der Waals surface area contributed by atoms with Gasteiger partial charge in [0.05, 0.1) is 24.2 Å². The Morgan fingerprint density at radius 2 is 1.58 bits per heavy atom. The Kier molecular flexibility index (Phi) is 8.62. The summed E-state index contributed by atoms with van der Waals surface area (Å²) >= 11 is 12.3. The van der Waals surface area contributed by atoms with E-state index >= 15 is 0 Å². The van der Waals surface area contributed by atoms with Crippen molar-refractivity contribution in [2.75, 3.05) is 7.11 Å². The molecule has 38 heavy (non-hydrogen) atoms. The van der Waals surface area contributed by atoms with E-state index in [1.165, 1.54) is 27.3 Å². The van der Waals surface area contributed by atoms with E-state index in [9.17, 15) is 13.2 Å². The molecule has 4 rings (SSSR count). The zero-order chi connectivity index (χ0) is 27.4. The molecule has 200 valence electrons. The Balaban J connectivity index is 1.87. The van der Waals surface area contributed by atoms with Crippen LogP contribution in [0.2, 0.25) is 10.0 Å². The molecule has 2 heterocycles. The first-order valence-corrected chi connectivity index (χ1v) is 14.1. The fourth-order valence-electron chi connectivity index (χ4n) is 4.20. The van der Waals surface area contributed by atoms with Crippen molar-refractivity contribution in [2.45, 2.75) is 49.4 Å². The van der Waals surface area contributed by atoms with Gasteiger partial charge in [-0.2, -0.15) is 0 Å². The lowest BCUT2D eigenvalue weighted by Crippen LogP contribution is -2.28. The van der Waals surface area contributed by atoms with Crippen LogP contribution in [0.25, 0.3) is 0 Å². The lowest BCUT2D eigenvalue weighted by molar-refractivity contribution is 0.414. The second-order valence-electron chi connectivity index (χ2n) is 9.00. The maximum Gasteiger partial charge on any atom is 0.329 e. The van der Waals surface area contributed by atoms with E-state index in [4.69, 9.17) is 27.9 Å². The molecule has 0 bridgehead atoms. The molecule has 2 aromatic heterocycles. The number of ether oxygens (including phenoxy) is 1. The van der Waals surface area contributed by atoms with E-state index in [0.29, 0.717) is 18.0 Å². The topological polar surface area (TPSA) is 95.2 Å². The number of hydrogen-bond donors (Lipinski definition) is 1. The largest absolute Gasteiger partial charge is 0.497 e. The summed E-state index contributed by atoms with van der Waals surface area (Å²) in [6.45, 7) is 4.30. The summed E-state index contributed by atoms with van der Waals surface area (Å²) in [5, 5.41) is 3.57. The highest BCUT2D eigenvalue weighted by atomic mass is 35.5. The Labute approximate surface area is 231 Å². The van der Waals surface area contributed by atoms with E-state index in [1.807, 2.05) is 24.3 Å². The summed E-state index contributed by atoms with van der Waals surface area (Å²) in [4.78, 5) is 17.7. The molecule has 0 spiro atoms. The van der Waals surface area contributed by atoms with Crippen molar-refractivity contribution in [3.05, 3.63) is 104 Å². The Hall–Kier alpha value is -3.11. The quantitative estimate of drug-likeness (QED) is 0.282. The zero-order valence-corrected chi connectivity index (χ0v) is 23.5. The molecule has 0 aliphatic rings. The normalized spacial score (nSPS) is 11.7. The predicted molar refractivity (Wildman–Crippen MR) is 148 cm³/mol. The van der Waals surface area contributed by atoms with Gasteiger partial charge in [-0.25, -0.2) is 13.2 Å². The number of methoxy groups -OCH3 is 1. The minimum Gasteiger partial charge on any atom is -0.497 e. The highest BCUT2D eigenvalue weighted by Crippen LogP contribution is 2.30. The number of halogens is 2. The van der Waals surface area contributed by atoms with Crippen LogP contribution in [0.3, 0.4) is 0 Å². The van der Waals surface area contributed by atoms with E-state index in [-0.39, 0.29) is 33.1 Å². The molecule has 0 aliphatic carbocycles. The molecule has 0 saturated heterocycles. The van der Waals surface area contributed by atoms with Crippen LogP contribution in [0.1, 0.15) is 36.7 Å². The Bertz CT molecular complexity index is 1560. The Morgan fingerprint density at radius 3 is 2.16 bits per heavy atom. The van der Waals surface area contributed by atoms with Gasteiger partial charge < -0.3 is 10.1 Å². The van der Waals surface area contributed by atoms with Crippen LogP contribution in [-0.4, -0.2) is 29.6 Å². The summed E-state index contributed by atoms with van der Waals surface area (Å²) in [7, 11) is -2.61. The molecular weight excluding hydrogens is 547 g/mol. The van der Waals surface area contributed by atoms with Crippen LogP contribution >= 0.6 is 23.2 Å². The lowest BCUT2D eigenvalue weighted by atomic mass is 10.2. The molecular formula is C27H28Cl2N4O4S. The van der Waals surface area contributed by atoms with Gasteiger partial charge in [0.15, 0.2) is 5.03 Å². The molecule has 0 fully saturated rings. The summed E-state index contributed by atoms with van der Waals surface area (Å²) in [5.41, 5.74) is 1.70. The first-order valence-electron chi connectivity index (χ1n) is 11.9. The number of hydrogen-bond acceptors (Lipinski definition) is 6. The minimum absolute atomic E-state index is 0.0821. The van der Waals surface area contributed by atoms with Gasteiger partial charge >= 0.3 is 5.69 Å². The smallest absolute Gasteiger partial charge is 0.329 e. The number of rotatable bonds is 10. The lowest BCUT2D eigenvalue weighted by Gasteiger charge is -2.15. The summed E-state index contributed by atoms with van der Waals surface area (Å²) in [6, 6.07) is 14.7. The summed E-state index contributed by atoms with van der Waals surface area (Å²) in [5.74, 6) is 0.682. The predicted octanol–water partition coefficient (Wildman–Crippen LogP) is 5.11. The van der Waals surface area contributed by atoms with Gasteiger partial charge in [0.25, 0.3) is 0 Å². The monoisotopic (exact) mass is 574 g/mol. The maximum atomic E-state index is 14.1. The number of imidazole rings is 1. The standard InChI is InChI=1S/C27H28Cl2N4O4S/c1-18(2)33-26(38(35,36)24-13-21(28)12-22(29)14-24)25(16-31-15-19-8-10-30-11-9-19)32(27(33)34)17-20-4-6-23(37-3)7-5-20/h4-14,18,31H,15-17H2,1-3H3. The van der Waals surface area contributed by atoms with E-state index in [2.05, 4.69) is 10.3 Å². The highest BCUT2D eigenvalue weighted by Gasteiger charge is 2.32. The van der Waals surface area contributed by atoms with Gasteiger partial charge in [0, 0.05) is 41.6 Å². The van der Waals surface area contributed by atoms with E-state index in [0.717, 1.165) is 11.1 Å². The van der Waals surface area contributed by atoms with Crippen LogP contribution < -0.4 is 15.7 Å². The van der Waals surface area contributed by atoms with Crippen molar-refractivity contribution in [2.24, 2.45) is 0 Å². The summed E-state index contributed by atoms with van der Waals surface area (Å²) < 4.78 is 36.2. The molecule has 1 N–H and O–H groups in total. The van der Waals surface area contributed by atoms with Gasteiger partial charge in [-0.15, -0.1) is 0 Å². The van der Waals surface area contributed by atoms with Gasteiger partial charge in [0.2, 0.25) is 9.84 Å². The number of aromatic nitrogens is 3. The Morgan fingerprint density at radius 1 is 0.947 bits per heavy atom. The number of sulfone groups is 1. The molecule has 8 nitrogen and oxygen atoms in total. The number of nitrogens with zero attached hydrogens (tertiary/aromatic N) is 3. The third-order valence-corrected chi connectivity index (χ3v) is 8.25. The zero-order valence-electron chi connectivity index (χ0n) is 21.2. The van der Waals surface area contributed by atoms with Crippen LogP contribution in [0, 0.1) is 0 Å². The number of pyridine rings is 1. The molecule has 0 unspecified atom stereocenters. The second kappa shape index (κ2) is 11.7. The van der Waals surface area contributed by atoms with Crippen molar-refractivity contribution in [3.8, 4) is 5.75 Å². The third kappa shape index (κ3) is 5.96. The molecule has 0 radical (unpaired) electrons. The average Bonchev–Trinajstić information content (AvgIpc) is 3.16. The van der Waals surface area contributed by atoms with Crippen LogP contribution in [0.5, 0.6) is 5.75 Å². The molecule has 2 aromatic carbocycles. The maximum absolute atomic E-state index is 14.1.